The Hall–Kier alpha value is -3.37. The fourth-order valence-corrected chi connectivity index (χ4v) is 5.40. The SMILES string of the molecule is CC(C)C(=O)Nc1cccc(C2CCN(Cc3c(-c4ccccc4)n(C)c4ccccc34)CC2)c1. The number of hydrogen-bond donors (Lipinski definition) is 1. The van der Waals surface area contributed by atoms with Gasteiger partial charge in [0.1, 0.15) is 0 Å². The second-order valence-electron chi connectivity index (χ2n) is 10.1. The van der Waals surface area contributed by atoms with Crippen molar-refractivity contribution in [3.05, 3.63) is 90.0 Å². The Morgan fingerprint density at radius 2 is 1.66 bits per heavy atom. The van der Waals surface area contributed by atoms with Crippen LogP contribution in [0.2, 0.25) is 0 Å². The minimum Gasteiger partial charge on any atom is -0.343 e. The van der Waals surface area contributed by atoms with Crippen LogP contribution in [0.15, 0.2) is 78.9 Å². The summed E-state index contributed by atoms with van der Waals surface area (Å²) in [5.41, 5.74) is 7.55. The summed E-state index contributed by atoms with van der Waals surface area (Å²) < 4.78 is 2.35. The van der Waals surface area contributed by atoms with Crippen molar-refractivity contribution in [1.82, 2.24) is 9.47 Å². The smallest absolute Gasteiger partial charge is 0.226 e. The lowest BCUT2D eigenvalue weighted by Gasteiger charge is -2.32. The van der Waals surface area contributed by atoms with Gasteiger partial charge in [-0.1, -0.05) is 74.5 Å². The highest BCUT2D eigenvalue weighted by atomic mass is 16.1. The molecule has 2 heterocycles. The van der Waals surface area contributed by atoms with Crippen molar-refractivity contribution in [3.8, 4) is 11.3 Å². The average molecular weight is 466 g/mol. The van der Waals surface area contributed by atoms with E-state index in [1.54, 1.807) is 0 Å². The van der Waals surface area contributed by atoms with E-state index in [9.17, 15) is 4.79 Å². The molecule has 1 saturated heterocycles. The van der Waals surface area contributed by atoms with Crippen molar-refractivity contribution in [3.63, 3.8) is 0 Å². The molecular formula is C31H35N3O. The summed E-state index contributed by atoms with van der Waals surface area (Å²) in [5.74, 6) is 0.585. The molecule has 0 bridgehead atoms. The van der Waals surface area contributed by atoms with Crippen LogP contribution in [0.3, 0.4) is 0 Å². The lowest BCUT2D eigenvalue weighted by Crippen LogP contribution is -2.32. The first-order chi connectivity index (χ1) is 17.0. The van der Waals surface area contributed by atoms with Crippen LogP contribution in [0, 0.1) is 5.92 Å². The number of hydrogen-bond acceptors (Lipinski definition) is 2. The normalized spacial score (nSPS) is 15.1. The standard InChI is InChI=1S/C31H35N3O/c1-22(2)31(35)32-26-13-9-12-25(20-26)23-16-18-34(19-17-23)21-28-27-14-7-8-15-29(27)33(3)30(28)24-10-5-4-6-11-24/h4-15,20,22-23H,16-19,21H2,1-3H3,(H,32,35). The highest BCUT2D eigenvalue weighted by Crippen LogP contribution is 2.36. The monoisotopic (exact) mass is 465 g/mol. The molecule has 1 aliphatic heterocycles. The summed E-state index contributed by atoms with van der Waals surface area (Å²) in [6.07, 6.45) is 2.26. The van der Waals surface area contributed by atoms with E-state index in [0.717, 1.165) is 38.2 Å². The van der Waals surface area contributed by atoms with E-state index in [0.29, 0.717) is 5.92 Å². The van der Waals surface area contributed by atoms with E-state index in [2.05, 4.69) is 94.6 Å². The summed E-state index contributed by atoms with van der Waals surface area (Å²) in [4.78, 5) is 14.7. The van der Waals surface area contributed by atoms with Gasteiger partial charge < -0.3 is 9.88 Å². The number of carbonyl (C=O) groups excluding carboxylic acids is 1. The van der Waals surface area contributed by atoms with Gasteiger partial charge in [0, 0.05) is 36.1 Å². The van der Waals surface area contributed by atoms with Gasteiger partial charge in [0.05, 0.1) is 5.69 Å². The van der Waals surface area contributed by atoms with Crippen molar-refractivity contribution in [2.45, 2.75) is 39.2 Å². The molecule has 1 aliphatic rings. The van der Waals surface area contributed by atoms with E-state index in [4.69, 9.17) is 0 Å². The van der Waals surface area contributed by atoms with Crippen molar-refractivity contribution < 1.29 is 4.79 Å². The van der Waals surface area contributed by atoms with E-state index >= 15 is 0 Å². The number of nitrogens with one attached hydrogen (secondary N) is 1. The van der Waals surface area contributed by atoms with Crippen LogP contribution >= 0.6 is 0 Å². The predicted octanol–water partition coefficient (Wildman–Crippen LogP) is 6.82. The van der Waals surface area contributed by atoms with Crippen LogP contribution in [0.4, 0.5) is 5.69 Å². The summed E-state index contributed by atoms with van der Waals surface area (Å²) in [7, 11) is 2.19. The number of likely N-dealkylation sites (tertiary alicyclic amines) is 1. The number of rotatable bonds is 6. The van der Waals surface area contributed by atoms with E-state index in [-0.39, 0.29) is 11.8 Å². The number of aryl methyl sites for hydroxylation is 1. The molecule has 3 aromatic carbocycles. The number of para-hydroxylation sites is 1. The van der Waals surface area contributed by atoms with Gasteiger partial charge in [-0.3, -0.25) is 9.69 Å². The van der Waals surface area contributed by atoms with Gasteiger partial charge >= 0.3 is 0 Å². The van der Waals surface area contributed by atoms with Gasteiger partial charge in [-0.25, -0.2) is 0 Å². The highest BCUT2D eigenvalue weighted by molar-refractivity contribution is 5.92. The maximum Gasteiger partial charge on any atom is 0.226 e. The predicted molar refractivity (Wildman–Crippen MR) is 146 cm³/mol. The fraction of sp³-hybridized carbons (Fsp3) is 0.323. The van der Waals surface area contributed by atoms with E-state index in [1.165, 1.54) is 33.3 Å². The lowest BCUT2D eigenvalue weighted by atomic mass is 9.89. The number of amides is 1. The molecule has 4 nitrogen and oxygen atoms in total. The molecule has 35 heavy (non-hydrogen) atoms. The fourth-order valence-electron chi connectivity index (χ4n) is 5.40. The van der Waals surface area contributed by atoms with Crippen molar-refractivity contribution in [2.24, 2.45) is 13.0 Å². The van der Waals surface area contributed by atoms with Gasteiger partial charge in [0.25, 0.3) is 0 Å². The Morgan fingerprint density at radius 3 is 2.40 bits per heavy atom. The molecule has 180 valence electrons. The largest absolute Gasteiger partial charge is 0.343 e. The Morgan fingerprint density at radius 1 is 0.943 bits per heavy atom. The molecule has 1 amide bonds. The van der Waals surface area contributed by atoms with Gasteiger partial charge in [-0.2, -0.15) is 0 Å². The van der Waals surface area contributed by atoms with Gasteiger partial charge in [-0.05, 0) is 66.7 Å². The quantitative estimate of drug-likeness (QED) is 0.339. The first-order valence-electron chi connectivity index (χ1n) is 12.8. The van der Waals surface area contributed by atoms with Crippen LogP contribution in [-0.4, -0.2) is 28.5 Å². The maximum atomic E-state index is 12.1. The Kier molecular flexibility index (Phi) is 6.74. The third-order valence-electron chi connectivity index (χ3n) is 7.38. The summed E-state index contributed by atoms with van der Waals surface area (Å²) in [5, 5.41) is 4.40. The van der Waals surface area contributed by atoms with Crippen molar-refractivity contribution in [1.29, 1.82) is 0 Å². The van der Waals surface area contributed by atoms with Crippen LogP contribution in [0.25, 0.3) is 22.2 Å². The summed E-state index contributed by atoms with van der Waals surface area (Å²) in [6, 6.07) is 28.0. The molecular weight excluding hydrogens is 430 g/mol. The summed E-state index contributed by atoms with van der Waals surface area (Å²) >= 11 is 0. The number of aromatic nitrogens is 1. The molecule has 4 heteroatoms. The highest BCUT2D eigenvalue weighted by Gasteiger charge is 2.24. The van der Waals surface area contributed by atoms with Gasteiger partial charge in [-0.15, -0.1) is 0 Å². The zero-order valence-electron chi connectivity index (χ0n) is 21.0. The van der Waals surface area contributed by atoms with E-state index < -0.39 is 0 Å². The minimum absolute atomic E-state index is 0.0169. The zero-order chi connectivity index (χ0) is 24.4. The zero-order valence-corrected chi connectivity index (χ0v) is 21.0. The molecule has 0 aliphatic carbocycles. The minimum atomic E-state index is -0.0169. The molecule has 0 saturated carbocycles. The molecule has 0 atom stereocenters. The average Bonchev–Trinajstić information content (AvgIpc) is 3.16. The molecule has 0 spiro atoms. The topological polar surface area (TPSA) is 37.3 Å². The first kappa shape index (κ1) is 23.4. The number of piperidine rings is 1. The van der Waals surface area contributed by atoms with E-state index in [1.807, 2.05) is 19.9 Å². The number of nitrogens with zero attached hydrogens (tertiary/aromatic N) is 2. The molecule has 0 radical (unpaired) electrons. The third-order valence-corrected chi connectivity index (χ3v) is 7.38. The Labute approximate surface area is 208 Å². The molecule has 1 aromatic heterocycles. The van der Waals surface area contributed by atoms with Gasteiger partial charge in [0.2, 0.25) is 5.91 Å². The molecule has 0 unspecified atom stereocenters. The van der Waals surface area contributed by atoms with Crippen LogP contribution < -0.4 is 5.32 Å². The van der Waals surface area contributed by atoms with Crippen LogP contribution in [-0.2, 0) is 18.4 Å². The second kappa shape index (κ2) is 10.1. The summed E-state index contributed by atoms with van der Waals surface area (Å²) in [6.45, 7) is 6.96. The first-order valence-corrected chi connectivity index (χ1v) is 12.8. The number of anilines is 1. The molecule has 1 fully saturated rings. The number of fused-ring (bicyclic) bond motifs is 1. The molecule has 5 rings (SSSR count). The third kappa shape index (κ3) is 4.89. The number of carbonyl (C=O) groups is 1. The van der Waals surface area contributed by atoms with Crippen LogP contribution in [0.1, 0.15) is 43.7 Å². The maximum absolute atomic E-state index is 12.1. The van der Waals surface area contributed by atoms with Gasteiger partial charge in [0.15, 0.2) is 0 Å². The number of benzene rings is 3. The second-order valence-corrected chi connectivity index (χ2v) is 10.1. The Bertz CT molecular complexity index is 1310. The van der Waals surface area contributed by atoms with Crippen molar-refractivity contribution in [2.75, 3.05) is 18.4 Å². The molecule has 1 N–H and O–H groups in total. The Balaban J connectivity index is 1.33. The van der Waals surface area contributed by atoms with Crippen LogP contribution in [0.5, 0.6) is 0 Å². The molecule has 4 aromatic rings. The van der Waals surface area contributed by atoms with Crippen molar-refractivity contribution >= 4 is 22.5 Å². The lowest BCUT2D eigenvalue weighted by molar-refractivity contribution is -0.118.